The van der Waals surface area contributed by atoms with Crippen molar-refractivity contribution in [1.82, 2.24) is 5.32 Å². The molecule has 0 bridgehead atoms. The Labute approximate surface area is 133 Å². The lowest BCUT2D eigenvalue weighted by molar-refractivity contribution is -0.0626. The van der Waals surface area contributed by atoms with Gasteiger partial charge in [-0.05, 0) is 37.5 Å². The summed E-state index contributed by atoms with van der Waals surface area (Å²) in [6, 6.07) is 9.05. The van der Waals surface area contributed by atoms with E-state index in [9.17, 15) is 5.11 Å². The number of aliphatic hydroxyl groups is 1. The first-order valence-electron chi connectivity index (χ1n) is 8.55. The summed E-state index contributed by atoms with van der Waals surface area (Å²) in [6.07, 6.45) is 4.04. The van der Waals surface area contributed by atoms with Crippen LogP contribution >= 0.6 is 0 Å². The Hall–Kier alpha value is -1.10. The molecular formula is C18H28N2O2. The molecule has 0 aliphatic carbocycles. The Kier molecular flexibility index (Phi) is 5.01. The van der Waals surface area contributed by atoms with Gasteiger partial charge in [-0.15, -0.1) is 0 Å². The van der Waals surface area contributed by atoms with Crippen molar-refractivity contribution < 1.29 is 9.84 Å². The summed E-state index contributed by atoms with van der Waals surface area (Å²) in [7, 11) is 0. The van der Waals surface area contributed by atoms with Gasteiger partial charge in [0.05, 0.1) is 5.60 Å². The largest absolute Gasteiger partial charge is 0.388 e. The van der Waals surface area contributed by atoms with Crippen LogP contribution in [0, 0.1) is 0 Å². The SMILES string of the molecule is CC(NCC1(O)CCOCC1)c1cccc(N2CCCC2)c1. The van der Waals surface area contributed by atoms with Crippen molar-refractivity contribution in [2.24, 2.45) is 0 Å². The highest BCUT2D eigenvalue weighted by Crippen LogP contribution is 2.25. The summed E-state index contributed by atoms with van der Waals surface area (Å²) in [6.45, 7) is 6.47. The zero-order valence-electron chi connectivity index (χ0n) is 13.6. The highest BCUT2D eigenvalue weighted by molar-refractivity contribution is 5.49. The fraction of sp³-hybridized carbons (Fsp3) is 0.667. The maximum atomic E-state index is 10.5. The molecule has 2 saturated heterocycles. The van der Waals surface area contributed by atoms with Gasteiger partial charge in [0.15, 0.2) is 0 Å². The molecule has 1 aromatic rings. The number of nitrogens with one attached hydrogen (secondary N) is 1. The fourth-order valence-electron chi connectivity index (χ4n) is 3.36. The molecule has 2 N–H and O–H groups in total. The van der Waals surface area contributed by atoms with Crippen molar-refractivity contribution in [1.29, 1.82) is 0 Å². The molecule has 2 aliphatic rings. The molecule has 2 heterocycles. The van der Waals surface area contributed by atoms with Crippen LogP contribution in [0.25, 0.3) is 0 Å². The molecule has 0 radical (unpaired) electrons. The highest BCUT2D eigenvalue weighted by Gasteiger charge is 2.29. The molecule has 2 aliphatic heterocycles. The lowest BCUT2D eigenvalue weighted by Gasteiger charge is -2.33. The summed E-state index contributed by atoms with van der Waals surface area (Å²) >= 11 is 0. The van der Waals surface area contributed by atoms with Gasteiger partial charge in [-0.25, -0.2) is 0 Å². The van der Waals surface area contributed by atoms with E-state index in [1.807, 2.05) is 0 Å². The van der Waals surface area contributed by atoms with Crippen LogP contribution in [0.2, 0.25) is 0 Å². The minimum absolute atomic E-state index is 0.245. The van der Waals surface area contributed by atoms with Crippen LogP contribution in [0.4, 0.5) is 5.69 Å². The third kappa shape index (κ3) is 3.80. The zero-order chi connectivity index (χ0) is 15.4. The van der Waals surface area contributed by atoms with E-state index < -0.39 is 5.60 Å². The Morgan fingerprint density at radius 1 is 1.27 bits per heavy atom. The molecule has 1 atom stereocenters. The van der Waals surface area contributed by atoms with Crippen molar-refractivity contribution in [2.45, 2.75) is 44.2 Å². The second kappa shape index (κ2) is 6.99. The van der Waals surface area contributed by atoms with E-state index >= 15 is 0 Å². The first-order chi connectivity index (χ1) is 10.7. The summed E-state index contributed by atoms with van der Waals surface area (Å²) in [5.74, 6) is 0. The maximum absolute atomic E-state index is 10.5. The standard InChI is InChI=1S/C18H28N2O2/c1-15(19-14-18(21)7-11-22-12-8-18)16-5-4-6-17(13-16)20-9-2-3-10-20/h4-6,13,15,19,21H,2-3,7-12,14H2,1H3. The third-order valence-corrected chi connectivity index (χ3v) is 5.00. The Morgan fingerprint density at radius 3 is 2.73 bits per heavy atom. The van der Waals surface area contributed by atoms with Crippen LogP contribution in [-0.4, -0.2) is 43.6 Å². The van der Waals surface area contributed by atoms with E-state index in [1.165, 1.54) is 37.2 Å². The monoisotopic (exact) mass is 304 g/mol. The third-order valence-electron chi connectivity index (χ3n) is 5.00. The topological polar surface area (TPSA) is 44.7 Å². The number of ether oxygens (including phenoxy) is 1. The van der Waals surface area contributed by atoms with Gasteiger partial charge in [-0.1, -0.05) is 12.1 Å². The van der Waals surface area contributed by atoms with E-state index in [4.69, 9.17) is 4.74 Å². The van der Waals surface area contributed by atoms with Crippen LogP contribution in [-0.2, 0) is 4.74 Å². The predicted octanol–water partition coefficient (Wildman–Crippen LogP) is 2.48. The minimum Gasteiger partial charge on any atom is -0.388 e. The molecular weight excluding hydrogens is 276 g/mol. The van der Waals surface area contributed by atoms with Crippen molar-refractivity contribution in [2.75, 3.05) is 37.7 Å². The summed E-state index contributed by atoms with van der Waals surface area (Å²) < 4.78 is 5.34. The smallest absolute Gasteiger partial charge is 0.0815 e. The molecule has 2 fully saturated rings. The fourth-order valence-corrected chi connectivity index (χ4v) is 3.36. The molecule has 122 valence electrons. The van der Waals surface area contributed by atoms with Crippen LogP contribution < -0.4 is 10.2 Å². The van der Waals surface area contributed by atoms with Crippen LogP contribution in [0.3, 0.4) is 0 Å². The van der Waals surface area contributed by atoms with Crippen molar-refractivity contribution >= 4 is 5.69 Å². The van der Waals surface area contributed by atoms with Gasteiger partial charge in [-0.3, -0.25) is 0 Å². The van der Waals surface area contributed by atoms with Crippen LogP contribution in [0.5, 0.6) is 0 Å². The molecule has 0 aromatic heterocycles. The predicted molar refractivity (Wildman–Crippen MR) is 89.3 cm³/mol. The molecule has 0 saturated carbocycles. The average Bonchev–Trinajstić information content (AvgIpc) is 3.08. The lowest BCUT2D eigenvalue weighted by atomic mass is 9.94. The minimum atomic E-state index is -0.612. The summed E-state index contributed by atoms with van der Waals surface area (Å²) in [4.78, 5) is 2.46. The van der Waals surface area contributed by atoms with Crippen LogP contribution in [0.1, 0.15) is 44.2 Å². The number of rotatable bonds is 5. The van der Waals surface area contributed by atoms with E-state index in [0.717, 1.165) is 12.8 Å². The molecule has 3 rings (SSSR count). The number of hydrogen-bond donors (Lipinski definition) is 2. The molecule has 1 aromatic carbocycles. The molecule has 4 nitrogen and oxygen atoms in total. The first kappa shape index (κ1) is 15.8. The van der Waals surface area contributed by atoms with E-state index in [1.54, 1.807) is 0 Å². The number of benzene rings is 1. The Balaban J connectivity index is 1.59. The van der Waals surface area contributed by atoms with Gasteiger partial charge in [0.1, 0.15) is 0 Å². The molecule has 22 heavy (non-hydrogen) atoms. The summed E-state index contributed by atoms with van der Waals surface area (Å²) in [5, 5.41) is 14.0. The van der Waals surface area contributed by atoms with Crippen LogP contribution in [0.15, 0.2) is 24.3 Å². The van der Waals surface area contributed by atoms with Gasteiger partial charge in [-0.2, -0.15) is 0 Å². The highest BCUT2D eigenvalue weighted by atomic mass is 16.5. The van der Waals surface area contributed by atoms with Gasteiger partial charge >= 0.3 is 0 Å². The Bertz CT molecular complexity index is 480. The summed E-state index contributed by atoms with van der Waals surface area (Å²) in [5.41, 5.74) is 2.01. The van der Waals surface area contributed by atoms with Gasteiger partial charge in [0.2, 0.25) is 0 Å². The Morgan fingerprint density at radius 2 is 2.00 bits per heavy atom. The van der Waals surface area contributed by atoms with Gasteiger partial charge < -0.3 is 20.1 Å². The second-order valence-electron chi connectivity index (χ2n) is 6.73. The molecule has 0 amide bonds. The maximum Gasteiger partial charge on any atom is 0.0815 e. The quantitative estimate of drug-likeness (QED) is 0.877. The molecule has 1 unspecified atom stereocenters. The van der Waals surface area contributed by atoms with E-state index in [-0.39, 0.29) is 6.04 Å². The van der Waals surface area contributed by atoms with E-state index in [0.29, 0.717) is 19.8 Å². The normalized spacial score (nSPS) is 22.7. The van der Waals surface area contributed by atoms with E-state index in [2.05, 4.69) is 41.4 Å². The van der Waals surface area contributed by atoms with Gasteiger partial charge in [0.25, 0.3) is 0 Å². The van der Waals surface area contributed by atoms with Gasteiger partial charge in [0, 0.05) is 57.4 Å². The number of anilines is 1. The lowest BCUT2D eigenvalue weighted by Crippen LogP contribution is -2.45. The average molecular weight is 304 g/mol. The second-order valence-corrected chi connectivity index (χ2v) is 6.73. The van der Waals surface area contributed by atoms with Crippen molar-refractivity contribution in [3.63, 3.8) is 0 Å². The van der Waals surface area contributed by atoms with Crippen molar-refractivity contribution in [3.8, 4) is 0 Å². The molecule has 4 heteroatoms. The first-order valence-corrected chi connectivity index (χ1v) is 8.55. The van der Waals surface area contributed by atoms with Crippen molar-refractivity contribution in [3.05, 3.63) is 29.8 Å². The zero-order valence-corrected chi connectivity index (χ0v) is 13.6. The number of hydrogen-bond acceptors (Lipinski definition) is 4. The molecule has 0 spiro atoms. The number of nitrogens with zero attached hydrogens (tertiary/aromatic N) is 1.